The molecule has 0 heterocycles. The van der Waals surface area contributed by atoms with Crippen LogP contribution in [0.25, 0.3) is 0 Å². The van der Waals surface area contributed by atoms with Crippen molar-refractivity contribution in [3.8, 4) is 5.75 Å². The van der Waals surface area contributed by atoms with Crippen molar-refractivity contribution < 1.29 is 4.74 Å². The molecule has 106 valence electrons. The van der Waals surface area contributed by atoms with E-state index in [0.29, 0.717) is 5.02 Å². The van der Waals surface area contributed by atoms with Crippen LogP contribution in [0.4, 0.5) is 0 Å². The molecular weight excluding hydrogens is 272 g/mol. The quantitative estimate of drug-likeness (QED) is 0.653. The van der Waals surface area contributed by atoms with Gasteiger partial charge in [0.2, 0.25) is 0 Å². The van der Waals surface area contributed by atoms with E-state index in [4.69, 9.17) is 22.2 Å². The van der Waals surface area contributed by atoms with Gasteiger partial charge in [-0.25, -0.2) is 5.43 Å². The number of hydrogen-bond donors (Lipinski definition) is 2. The Morgan fingerprint density at radius 1 is 1.15 bits per heavy atom. The topological polar surface area (TPSA) is 47.3 Å². The van der Waals surface area contributed by atoms with E-state index in [-0.39, 0.29) is 12.1 Å². The minimum Gasteiger partial charge on any atom is -0.489 e. The fraction of sp³-hybridized carbons (Fsp3) is 0.250. The molecule has 0 radical (unpaired) electrons. The Hall–Kier alpha value is -1.55. The van der Waals surface area contributed by atoms with E-state index < -0.39 is 0 Å². The summed E-state index contributed by atoms with van der Waals surface area (Å²) in [6, 6.07) is 15.5. The molecule has 2 aromatic carbocycles. The fourth-order valence-electron chi connectivity index (χ4n) is 2.10. The molecule has 2 aromatic rings. The monoisotopic (exact) mass is 290 g/mol. The molecule has 2 unspecified atom stereocenters. The summed E-state index contributed by atoms with van der Waals surface area (Å²) in [6.45, 7) is 4.03. The van der Waals surface area contributed by atoms with Crippen molar-refractivity contribution in [1.29, 1.82) is 0 Å². The normalized spacial score (nSPS) is 13.8. The van der Waals surface area contributed by atoms with Gasteiger partial charge in [-0.05, 0) is 37.6 Å². The number of hydrogen-bond acceptors (Lipinski definition) is 3. The van der Waals surface area contributed by atoms with Gasteiger partial charge in [0, 0.05) is 5.02 Å². The van der Waals surface area contributed by atoms with Crippen LogP contribution in [0.1, 0.15) is 24.1 Å². The maximum atomic E-state index is 5.96. The third-order valence-electron chi connectivity index (χ3n) is 3.20. The number of hydrazine groups is 1. The summed E-state index contributed by atoms with van der Waals surface area (Å²) in [5.74, 6) is 6.40. The smallest absolute Gasteiger partial charge is 0.121 e. The van der Waals surface area contributed by atoms with Crippen LogP contribution in [0.3, 0.4) is 0 Å². The van der Waals surface area contributed by atoms with Crippen LogP contribution in [-0.2, 0) is 0 Å². The van der Waals surface area contributed by atoms with E-state index in [2.05, 4.69) is 36.6 Å². The van der Waals surface area contributed by atoms with Gasteiger partial charge in [-0.1, -0.05) is 47.5 Å². The summed E-state index contributed by atoms with van der Waals surface area (Å²) < 4.78 is 5.91. The van der Waals surface area contributed by atoms with Gasteiger partial charge >= 0.3 is 0 Å². The predicted octanol–water partition coefficient (Wildman–Crippen LogP) is 3.62. The summed E-state index contributed by atoms with van der Waals surface area (Å²) in [5, 5.41) is 0.655. The summed E-state index contributed by atoms with van der Waals surface area (Å²) >= 11 is 5.96. The van der Waals surface area contributed by atoms with Gasteiger partial charge < -0.3 is 4.74 Å². The third kappa shape index (κ3) is 3.73. The first-order chi connectivity index (χ1) is 9.60. The molecule has 0 aromatic heterocycles. The summed E-state index contributed by atoms with van der Waals surface area (Å²) in [6.07, 6.45) is -0.124. The van der Waals surface area contributed by atoms with Crippen LogP contribution in [0, 0.1) is 6.92 Å². The van der Waals surface area contributed by atoms with Crippen LogP contribution < -0.4 is 16.0 Å². The van der Waals surface area contributed by atoms with Gasteiger partial charge in [0.05, 0.1) is 6.04 Å². The van der Waals surface area contributed by atoms with E-state index in [0.717, 1.165) is 11.3 Å². The maximum absolute atomic E-state index is 5.96. The molecule has 3 N–H and O–H groups in total. The maximum Gasteiger partial charge on any atom is 0.121 e. The van der Waals surface area contributed by atoms with Crippen LogP contribution in [0.15, 0.2) is 48.5 Å². The zero-order valence-electron chi connectivity index (χ0n) is 11.6. The minimum absolute atomic E-state index is 0.0884. The van der Waals surface area contributed by atoms with Crippen molar-refractivity contribution in [2.75, 3.05) is 0 Å². The third-order valence-corrected chi connectivity index (χ3v) is 3.44. The Morgan fingerprint density at radius 3 is 2.45 bits per heavy atom. The highest BCUT2D eigenvalue weighted by Gasteiger charge is 2.19. The highest BCUT2D eigenvalue weighted by Crippen LogP contribution is 2.23. The molecule has 0 aliphatic carbocycles. The molecular formula is C16H19ClN2O. The summed E-state index contributed by atoms with van der Waals surface area (Å²) in [5.41, 5.74) is 5.12. The lowest BCUT2D eigenvalue weighted by atomic mass is 10.0. The Balaban J connectivity index is 2.13. The number of nitrogens with one attached hydrogen (secondary N) is 1. The molecule has 0 bridgehead atoms. The zero-order chi connectivity index (χ0) is 14.5. The molecule has 3 nitrogen and oxygen atoms in total. The van der Waals surface area contributed by atoms with Crippen LogP contribution >= 0.6 is 11.6 Å². The lowest BCUT2D eigenvalue weighted by molar-refractivity contribution is 0.171. The van der Waals surface area contributed by atoms with Crippen molar-refractivity contribution in [1.82, 2.24) is 5.43 Å². The van der Waals surface area contributed by atoms with Crippen molar-refractivity contribution in [3.05, 3.63) is 64.7 Å². The number of halogens is 1. The van der Waals surface area contributed by atoms with E-state index >= 15 is 0 Å². The summed E-state index contributed by atoms with van der Waals surface area (Å²) in [7, 11) is 0. The Labute approximate surface area is 124 Å². The average Bonchev–Trinajstić information content (AvgIpc) is 2.42. The van der Waals surface area contributed by atoms with Gasteiger partial charge in [-0.2, -0.15) is 0 Å². The highest BCUT2D eigenvalue weighted by atomic mass is 35.5. The molecule has 2 atom stereocenters. The van der Waals surface area contributed by atoms with E-state index in [1.165, 1.54) is 5.56 Å². The van der Waals surface area contributed by atoms with E-state index in [1.54, 1.807) is 6.07 Å². The Morgan fingerprint density at radius 2 is 1.85 bits per heavy atom. The molecule has 0 spiro atoms. The predicted molar refractivity (Wildman–Crippen MR) is 82.8 cm³/mol. The van der Waals surface area contributed by atoms with Gasteiger partial charge in [-0.15, -0.1) is 0 Å². The number of benzene rings is 2. The number of rotatable bonds is 5. The Kier molecular flexibility index (Phi) is 5.01. The van der Waals surface area contributed by atoms with Crippen LogP contribution in [0.5, 0.6) is 5.75 Å². The number of nitrogens with two attached hydrogens (primary N) is 1. The second-order valence-corrected chi connectivity index (χ2v) is 5.27. The summed E-state index contributed by atoms with van der Waals surface area (Å²) in [4.78, 5) is 0. The second kappa shape index (κ2) is 6.75. The van der Waals surface area contributed by atoms with Crippen molar-refractivity contribution in [2.24, 2.45) is 5.84 Å². The number of aryl methyl sites for hydroxylation is 1. The molecule has 4 heteroatoms. The van der Waals surface area contributed by atoms with Gasteiger partial charge in [0.15, 0.2) is 0 Å². The molecule has 0 saturated heterocycles. The molecule has 20 heavy (non-hydrogen) atoms. The SMILES string of the molecule is Cc1ccc(C(NN)C(C)Oc2cccc(Cl)c2)cc1. The lowest BCUT2D eigenvalue weighted by Crippen LogP contribution is -2.38. The first-order valence-electron chi connectivity index (χ1n) is 6.55. The van der Waals surface area contributed by atoms with Crippen LogP contribution in [-0.4, -0.2) is 6.10 Å². The van der Waals surface area contributed by atoms with Gasteiger partial charge in [-0.3, -0.25) is 5.84 Å². The first-order valence-corrected chi connectivity index (χ1v) is 6.93. The second-order valence-electron chi connectivity index (χ2n) is 4.84. The Bertz CT molecular complexity index is 557. The molecule has 2 rings (SSSR count). The van der Waals surface area contributed by atoms with Gasteiger partial charge in [0.1, 0.15) is 11.9 Å². The van der Waals surface area contributed by atoms with E-state index in [9.17, 15) is 0 Å². The lowest BCUT2D eigenvalue weighted by Gasteiger charge is -2.25. The average molecular weight is 291 g/mol. The molecule has 0 amide bonds. The van der Waals surface area contributed by atoms with Crippen molar-refractivity contribution in [3.63, 3.8) is 0 Å². The zero-order valence-corrected chi connectivity index (χ0v) is 12.4. The molecule has 0 aliphatic heterocycles. The largest absolute Gasteiger partial charge is 0.489 e. The molecule has 0 aliphatic rings. The van der Waals surface area contributed by atoms with Crippen LogP contribution in [0.2, 0.25) is 5.02 Å². The minimum atomic E-state index is -0.124. The first kappa shape index (κ1) is 14.9. The standard InChI is InChI=1S/C16H19ClN2O/c1-11-6-8-13(9-7-11)16(19-18)12(2)20-15-5-3-4-14(17)10-15/h3-10,12,16,19H,18H2,1-2H3. The van der Waals surface area contributed by atoms with Crippen molar-refractivity contribution in [2.45, 2.75) is 26.0 Å². The van der Waals surface area contributed by atoms with E-state index in [1.807, 2.05) is 25.1 Å². The molecule has 0 saturated carbocycles. The number of ether oxygens (including phenoxy) is 1. The van der Waals surface area contributed by atoms with Crippen molar-refractivity contribution >= 4 is 11.6 Å². The van der Waals surface area contributed by atoms with Gasteiger partial charge in [0.25, 0.3) is 0 Å². The fourth-order valence-corrected chi connectivity index (χ4v) is 2.28. The highest BCUT2D eigenvalue weighted by molar-refractivity contribution is 6.30. The molecule has 0 fully saturated rings.